The lowest BCUT2D eigenvalue weighted by Crippen LogP contribution is -2.40. The van der Waals surface area contributed by atoms with E-state index in [1.165, 1.54) is 39.6 Å². The number of unbranched alkanes of at least 4 members (excludes halogenated alkanes) is 5. The van der Waals surface area contributed by atoms with Crippen LogP contribution >= 0.6 is 0 Å². The average molecular weight is 324 g/mol. The Morgan fingerprint density at radius 3 is 1.95 bits per heavy atom. The lowest BCUT2D eigenvalue weighted by Gasteiger charge is -2.36. The summed E-state index contributed by atoms with van der Waals surface area (Å²) in [4.78, 5) is 0. The van der Waals surface area contributed by atoms with E-state index in [0.717, 1.165) is 19.3 Å². The molecule has 0 aromatic carbocycles. The minimum Gasteiger partial charge on any atom is -0.349 e. The zero-order chi connectivity index (χ0) is 17.1. The van der Waals surface area contributed by atoms with Crippen molar-refractivity contribution in [2.75, 3.05) is 14.2 Å². The lowest BCUT2D eigenvalue weighted by atomic mass is 9.87. The quantitative estimate of drug-likeness (QED) is 0.239. The van der Waals surface area contributed by atoms with Gasteiger partial charge >= 0.3 is 6.18 Å². The van der Waals surface area contributed by atoms with Crippen molar-refractivity contribution in [2.45, 2.75) is 76.7 Å². The summed E-state index contributed by atoms with van der Waals surface area (Å²) in [6.45, 7) is 5.83. The Balaban J connectivity index is 4.55. The van der Waals surface area contributed by atoms with Crippen LogP contribution in [0.1, 0.15) is 64.7 Å². The minimum absolute atomic E-state index is 0.00778. The highest BCUT2D eigenvalue weighted by atomic mass is 19.4. The van der Waals surface area contributed by atoms with Gasteiger partial charge in [0.1, 0.15) is 0 Å². The van der Waals surface area contributed by atoms with Gasteiger partial charge in [-0.1, -0.05) is 52.0 Å². The smallest absolute Gasteiger partial charge is 0.349 e. The minimum atomic E-state index is -4.16. The maximum absolute atomic E-state index is 12.5. The fourth-order valence-corrected chi connectivity index (χ4v) is 2.81. The second kappa shape index (κ2) is 11.1. The molecule has 0 heterocycles. The lowest BCUT2D eigenvalue weighted by molar-refractivity contribution is -0.214. The molecule has 0 aromatic rings. The third-order valence-corrected chi connectivity index (χ3v) is 4.17. The normalized spacial score (nSPS) is 14.1. The summed E-state index contributed by atoms with van der Waals surface area (Å²) in [5.41, 5.74) is 0. The molecule has 0 aliphatic carbocycles. The van der Waals surface area contributed by atoms with Crippen LogP contribution in [0, 0.1) is 5.92 Å². The van der Waals surface area contributed by atoms with Gasteiger partial charge in [-0.25, -0.2) is 0 Å². The van der Waals surface area contributed by atoms with E-state index in [-0.39, 0.29) is 12.3 Å². The first-order chi connectivity index (χ1) is 10.3. The Kier molecular flexibility index (Phi) is 10.8. The van der Waals surface area contributed by atoms with Gasteiger partial charge in [0, 0.05) is 26.6 Å². The molecule has 132 valence electrons. The monoisotopic (exact) mass is 324 g/mol. The second-order valence-corrected chi connectivity index (χ2v) is 5.74. The SMILES string of the molecule is C=CC(OC)(OC)C(CCCCCCCC)CCC(F)(F)F. The first-order valence-corrected chi connectivity index (χ1v) is 8.15. The van der Waals surface area contributed by atoms with E-state index < -0.39 is 18.4 Å². The van der Waals surface area contributed by atoms with Gasteiger partial charge in [0.15, 0.2) is 5.79 Å². The maximum atomic E-state index is 12.5. The first-order valence-electron chi connectivity index (χ1n) is 8.15. The highest BCUT2D eigenvalue weighted by molar-refractivity contribution is 4.95. The molecule has 1 unspecified atom stereocenters. The van der Waals surface area contributed by atoms with E-state index in [1.807, 2.05) is 0 Å². The Labute approximate surface area is 133 Å². The van der Waals surface area contributed by atoms with E-state index in [0.29, 0.717) is 6.42 Å². The largest absolute Gasteiger partial charge is 0.389 e. The molecular weight excluding hydrogens is 293 g/mol. The van der Waals surface area contributed by atoms with Crippen LogP contribution in [0.4, 0.5) is 13.2 Å². The van der Waals surface area contributed by atoms with Crippen molar-refractivity contribution < 1.29 is 22.6 Å². The van der Waals surface area contributed by atoms with Crippen molar-refractivity contribution in [1.82, 2.24) is 0 Å². The average Bonchev–Trinajstić information content (AvgIpc) is 2.48. The zero-order valence-corrected chi connectivity index (χ0v) is 14.2. The standard InChI is InChI=1S/C17H31F3O2/c1-5-7-8-9-10-11-12-15(13-14-17(18,19)20)16(6-2,21-3)22-4/h6,15H,2,5,7-14H2,1,3-4H3. The van der Waals surface area contributed by atoms with Crippen LogP contribution in [-0.2, 0) is 9.47 Å². The van der Waals surface area contributed by atoms with Gasteiger partial charge in [0.25, 0.3) is 0 Å². The van der Waals surface area contributed by atoms with Gasteiger partial charge in [-0.05, 0) is 18.9 Å². The summed E-state index contributed by atoms with van der Waals surface area (Å²) in [6.07, 6.45) is 3.76. The Bertz CT molecular complexity index is 286. The van der Waals surface area contributed by atoms with Crippen molar-refractivity contribution >= 4 is 0 Å². The molecule has 0 bridgehead atoms. The highest BCUT2D eigenvalue weighted by Gasteiger charge is 2.38. The number of halogens is 3. The van der Waals surface area contributed by atoms with Crippen LogP contribution in [0.2, 0.25) is 0 Å². The molecule has 0 fully saturated rings. The fourth-order valence-electron chi connectivity index (χ4n) is 2.81. The van der Waals surface area contributed by atoms with Crippen molar-refractivity contribution in [3.63, 3.8) is 0 Å². The summed E-state index contributed by atoms with van der Waals surface area (Å²) in [7, 11) is 2.90. The van der Waals surface area contributed by atoms with E-state index >= 15 is 0 Å². The van der Waals surface area contributed by atoms with Crippen molar-refractivity contribution in [3.05, 3.63) is 12.7 Å². The summed E-state index contributed by atoms with van der Waals surface area (Å²) in [5.74, 6) is -1.47. The first kappa shape index (κ1) is 21.4. The number of alkyl halides is 3. The molecule has 0 saturated heterocycles. The predicted octanol–water partition coefficient (Wildman–Crippen LogP) is 5.87. The topological polar surface area (TPSA) is 18.5 Å². The van der Waals surface area contributed by atoms with Gasteiger partial charge in [-0.3, -0.25) is 0 Å². The molecule has 0 aliphatic rings. The Morgan fingerprint density at radius 2 is 1.50 bits per heavy atom. The highest BCUT2D eigenvalue weighted by Crippen LogP contribution is 2.35. The van der Waals surface area contributed by atoms with Crippen LogP contribution in [-0.4, -0.2) is 26.2 Å². The molecule has 0 N–H and O–H groups in total. The number of hydrogen-bond donors (Lipinski definition) is 0. The van der Waals surface area contributed by atoms with Crippen LogP contribution in [0.25, 0.3) is 0 Å². The molecule has 0 amide bonds. The molecule has 1 atom stereocenters. The second-order valence-electron chi connectivity index (χ2n) is 5.74. The van der Waals surface area contributed by atoms with Gasteiger partial charge < -0.3 is 9.47 Å². The molecule has 22 heavy (non-hydrogen) atoms. The third-order valence-electron chi connectivity index (χ3n) is 4.17. The van der Waals surface area contributed by atoms with Crippen LogP contribution < -0.4 is 0 Å². The molecule has 0 radical (unpaired) electrons. The summed E-state index contributed by atoms with van der Waals surface area (Å²) >= 11 is 0. The molecular formula is C17H31F3O2. The fraction of sp³-hybridized carbons (Fsp3) is 0.882. The number of methoxy groups -OCH3 is 2. The molecule has 0 aromatic heterocycles. The van der Waals surface area contributed by atoms with Gasteiger partial charge in [-0.15, -0.1) is 0 Å². The van der Waals surface area contributed by atoms with Crippen molar-refractivity contribution in [2.24, 2.45) is 5.92 Å². The van der Waals surface area contributed by atoms with Crippen LogP contribution in [0.3, 0.4) is 0 Å². The van der Waals surface area contributed by atoms with E-state index in [9.17, 15) is 13.2 Å². The maximum Gasteiger partial charge on any atom is 0.389 e. The van der Waals surface area contributed by atoms with E-state index in [4.69, 9.17) is 9.47 Å². The van der Waals surface area contributed by atoms with Crippen LogP contribution in [0.5, 0.6) is 0 Å². The Hall–Kier alpha value is -0.550. The third kappa shape index (κ3) is 8.18. The number of hydrogen-bond acceptors (Lipinski definition) is 2. The number of rotatable bonds is 13. The summed E-state index contributed by atoms with van der Waals surface area (Å²) in [5, 5.41) is 0. The van der Waals surface area contributed by atoms with Gasteiger partial charge in [0.2, 0.25) is 0 Å². The zero-order valence-electron chi connectivity index (χ0n) is 14.2. The molecule has 0 rings (SSSR count). The summed E-state index contributed by atoms with van der Waals surface area (Å²) < 4.78 is 48.3. The Morgan fingerprint density at radius 1 is 0.955 bits per heavy atom. The molecule has 0 saturated carbocycles. The van der Waals surface area contributed by atoms with Gasteiger partial charge in [-0.2, -0.15) is 13.2 Å². The molecule has 0 spiro atoms. The number of ether oxygens (including phenoxy) is 2. The van der Waals surface area contributed by atoms with Gasteiger partial charge in [0.05, 0.1) is 0 Å². The van der Waals surface area contributed by atoms with Crippen LogP contribution in [0.15, 0.2) is 12.7 Å². The van der Waals surface area contributed by atoms with Crippen molar-refractivity contribution in [3.8, 4) is 0 Å². The van der Waals surface area contributed by atoms with E-state index in [2.05, 4.69) is 13.5 Å². The summed E-state index contributed by atoms with van der Waals surface area (Å²) in [6, 6.07) is 0. The van der Waals surface area contributed by atoms with E-state index in [1.54, 1.807) is 0 Å². The predicted molar refractivity (Wildman–Crippen MR) is 83.7 cm³/mol. The molecule has 2 nitrogen and oxygen atoms in total. The molecule has 5 heteroatoms. The molecule has 0 aliphatic heterocycles. The van der Waals surface area contributed by atoms with Crippen molar-refractivity contribution in [1.29, 1.82) is 0 Å².